The molecule has 2 heteroatoms. The standard InChI is InChI=1S/C16H26N2/c1-13-5-6-15(14(2)11-13)12-16(3,4)18-9-7-17-8-10-18/h5-6,11,17H,7-10,12H2,1-4H3. The Morgan fingerprint density at radius 3 is 2.44 bits per heavy atom. The van der Waals surface area contributed by atoms with Gasteiger partial charge in [-0.3, -0.25) is 4.90 Å². The number of nitrogens with zero attached hydrogens (tertiary/aromatic N) is 1. The summed E-state index contributed by atoms with van der Waals surface area (Å²) in [6.45, 7) is 13.7. The second-order valence-corrected chi connectivity index (χ2v) is 6.16. The molecule has 0 bridgehead atoms. The van der Waals surface area contributed by atoms with Crippen molar-refractivity contribution in [3.63, 3.8) is 0 Å². The number of benzene rings is 1. The van der Waals surface area contributed by atoms with Gasteiger partial charge in [-0.2, -0.15) is 0 Å². The Labute approximate surface area is 111 Å². The molecule has 1 heterocycles. The number of aryl methyl sites for hydroxylation is 2. The Morgan fingerprint density at radius 1 is 1.17 bits per heavy atom. The zero-order valence-corrected chi connectivity index (χ0v) is 12.2. The van der Waals surface area contributed by atoms with Crippen LogP contribution in [0.5, 0.6) is 0 Å². The van der Waals surface area contributed by atoms with Crippen molar-refractivity contribution in [3.8, 4) is 0 Å². The quantitative estimate of drug-likeness (QED) is 0.881. The highest BCUT2D eigenvalue weighted by Gasteiger charge is 2.28. The first-order chi connectivity index (χ1) is 8.49. The van der Waals surface area contributed by atoms with Crippen molar-refractivity contribution < 1.29 is 0 Å². The van der Waals surface area contributed by atoms with Crippen molar-refractivity contribution in [2.24, 2.45) is 0 Å². The van der Waals surface area contributed by atoms with Crippen LogP contribution in [-0.2, 0) is 6.42 Å². The molecule has 0 atom stereocenters. The molecule has 1 aromatic rings. The highest BCUT2D eigenvalue weighted by Crippen LogP contribution is 2.23. The fraction of sp³-hybridized carbons (Fsp3) is 0.625. The van der Waals surface area contributed by atoms with Crippen LogP contribution < -0.4 is 5.32 Å². The molecule has 1 fully saturated rings. The summed E-state index contributed by atoms with van der Waals surface area (Å²) in [5.41, 5.74) is 4.53. The second-order valence-electron chi connectivity index (χ2n) is 6.16. The molecule has 0 radical (unpaired) electrons. The van der Waals surface area contributed by atoms with Crippen LogP contribution in [0, 0.1) is 13.8 Å². The van der Waals surface area contributed by atoms with Gasteiger partial charge >= 0.3 is 0 Å². The third kappa shape index (κ3) is 3.12. The van der Waals surface area contributed by atoms with Gasteiger partial charge in [-0.05, 0) is 45.2 Å². The molecular weight excluding hydrogens is 220 g/mol. The van der Waals surface area contributed by atoms with Crippen LogP contribution in [0.25, 0.3) is 0 Å². The minimum Gasteiger partial charge on any atom is -0.314 e. The van der Waals surface area contributed by atoms with E-state index in [0.717, 1.165) is 32.6 Å². The van der Waals surface area contributed by atoms with Gasteiger partial charge in [0.2, 0.25) is 0 Å². The summed E-state index contributed by atoms with van der Waals surface area (Å²) in [6, 6.07) is 6.83. The number of rotatable bonds is 3. The minimum absolute atomic E-state index is 0.252. The van der Waals surface area contributed by atoms with Crippen molar-refractivity contribution in [3.05, 3.63) is 34.9 Å². The minimum atomic E-state index is 0.252. The van der Waals surface area contributed by atoms with Crippen molar-refractivity contribution >= 4 is 0 Å². The molecule has 1 N–H and O–H groups in total. The van der Waals surface area contributed by atoms with E-state index in [4.69, 9.17) is 0 Å². The van der Waals surface area contributed by atoms with Gasteiger partial charge in [0.15, 0.2) is 0 Å². The predicted molar refractivity (Wildman–Crippen MR) is 78.1 cm³/mol. The van der Waals surface area contributed by atoms with Gasteiger partial charge in [-0.15, -0.1) is 0 Å². The summed E-state index contributed by atoms with van der Waals surface area (Å²) < 4.78 is 0. The zero-order chi connectivity index (χ0) is 13.2. The maximum Gasteiger partial charge on any atom is 0.0194 e. The fourth-order valence-electron chi connectivity index (χ4n) is 2.89. The van der Waals surface area contributed by atoms with Crippen molar-refractivity contribution in [2.75, 3.05) is 26.2 Å². The SMILES string of the molecule is Cc1ccc(CC(C)(C)N2CCNCC2)c(C)c1. The molecule has 2 nitrogen and oxygen atoms in total. The van der Waals surface area contributed by atoms with Crippen LogP contribution >= 0.6 is 0 Å². The van der Waals surface area contributed by atoms with Crippen molar-refractivity contribution in [1.82, 2.24) is 10.2 Å². The molecule has 18 heavy (non-hydrogen) atoms. The molecule has 1 aromatic carbocycles. The van der Waals surface area contributed by atoms with Gasteiger partial charge in [-0.1, -0.05) is 23.8 Å². The van der Waals surface area contributed by atoms with E-state index in [0.29, 0.717) is 0 Å². The molecule has 0 aromatic heterocycles. The highest BCUT2D eigenvalue weighted by atomic mass is 15.2. The molecule has 1 saturated heterocycles. The Balaban J connectivity index is 2.10. The monoisotopic (exact) mass is 246 g/mol. The summed E-state index contributed by atoms with van der Waals surface area (Å²) in [6.07, 6.45) is 1.14. The van der Waals surface area contributed by atoms with E-state index in [1.807, 2.05) is 0 Å². The normalized spacial score (nSPS) is 18.0. The second kappa shape index (κ2) is 5.41. The smallest absolute Gasteiger partial charge is 0.0194 e. The lowest BCUT2D eigenvalue weighted by atomic mass is 9.89. The van der Waals surface area contributed by atoms with Crippen molar-refractivity contribution in [2.45, 2.75) is 39.7 Å². The average molecular weight is 246 g/mol. The summed E-state index contributed by atoms with van der Waals surface area (Å²) in [5.74, 6) is 0. The van der Waals surface area contributed by atoms with Gasteiger partial charge in [0.1, 0.15) is 0 Å². The van der Waals surface area contributed by atoms with Gasteiger partial charge in [-0.25, -0.2) is 0 Å². The molecule has 100 valence electrons. The van der Waals surface area contributed by atoms with E-state index >= 15 is 0 Å². The fourth-order valence-corrected chi connectivity index (χ4v) is 2.89. The molecule has 1 aliphatic rings. The first-order valence-electron chi connectivity index (χ1n) is 7.01. The number of piperazine rings is 1. The van der Waals surface area contributed by atoms with E-state index < -0.39 is 0 Å². The molecular formula is C16H26N2. The summed E-state index contributed by atoms with van der Waals surface area (Å²) in [4.78, 5) is 2.61. The van der Waals surface area contributed by atoms with Crippen LogP contribution in [0.4, 0.5) is 0 Å². The predicted octanol–water partition coefficient (Wildman–Crippen LogP) is 2.53. The number of hydrogen-bond acceptors (Lipinski definition) is 2. The molecule has 1 aliphatic heterocycles. The summed E-state index contributed by atoms with van der Waals surface area (Å²) in [5, 5.41) is 3.43. The molecule has 0 amide bonds. The van der Waals surface area contributed by atoms with E-state index in [2.05, 4.69) is 56.1 Å². The van der Waals surface area contributed by atoms with Crippen LogP contribution in [0.15, 0.2) is 18.2 Å². The van der Waals surface area contributed by atoms with E-state index in [-0.39, 0.29) is 5.54 Å². The maximum atomic E-state index is 3.43. The molecule has 2 rings (SSSR count). The van der Waals surface area contributed by atoms with Gasteiger partial charge in [0.25, 0.3) is 0 Å². The van der Waals surface area contributed by atoms with E-state index in [1.54, 1.807) is 0 Å². The molecule has 0 spiro atoms. The van der Waals surface area contributed by atoms with Crippen LogP contribution in [0.2, 0.25) is 0 Å². The summed E-state index contributed by atoms with van der Waals surface area (Å²) in [7, 11) is 0. The van der Waals surface area contributed by atoms with Gasteiger partial charge < -0.3 is 5.32 Å². The molecule has 0 unspecified atom stereocenters. The molecule has 0 aliphatic carbocycles. The topological polar surface area (TPSA) is 15.3 Å². The third-order valence-electron chi connectivity index (χ3n) is 4.09. The van der Waals surface area contributed by atoms with Crippen molar-refractivity contribution in [1.29, 1.82) is 0 Å². The van der Waals surface area contributed by atoms with Crippen LogP contribution in [0.1, 0.15) is 30.5 Å². The number of hydrogen-bond donors (Lipinski definition) is 1. The lowest BCUT2D eigenvalue weighted by Gasteiger charge is -2.41. The van der Waals surface area contributed by atoms with Gasteiger partial charge in [0.05, 0.1) is 0 Å². The largest absolute Gasteiger partial charge is 0.314 e. The average Bonchev–Trinajstić information content (AvgIpc) is 2.34. The van der Waals surface area contributed by atoms with E-state index in [9.17, 15) is 0 Å². The Hall–Kier alpha value is -0.860. The maximum absolute atomic E-state index is 3.43. The van der Waals surface area contributed by atoms with Crippen LogP contribution in [0.3, 0.4) is 0 Å². The molecule has 0 saturated carbocycles. The Bertz CT molecular complexity index is 404. The lowest BCUT2D eigenvalue weighted by Crippen LogP contribution is -2.54. The Kier molecular flexibility index (Phi) is 4.08. The Morgan fingerprint density at radius 2 is 1.83 bits per heavy atom. The lowest BCUT2D eigenvalue weighted by molar-refractivity contribution is 0.103. The first-order valence-corrected chi connectivity index (χ1v) is 7.01. The summed E-state index contributed by atoms with van der Waals surface area (Å²) >= 11 is 0. The van der Waals surface area contributed by atoms with E-state index in [1.165, 1.54) is 16.7 Å². The zero-order valence-electron chi connectivity index (χ0n) is 12.2. The van der Waals surface area contributed by atoms with Gasteiger partial charge in [0, 0.05) is 31.7 Å². The third-order valence-corrected chi connectivity index (χ3v) is 4.09. The number of nitrogens with one attached hydrogen (secondary N) is 1. The first kappa shape index (κ1) is 13.6. The van der Waals surface area contributed by atoms with Crippen LogP contribution in [-0.4, -0.2) is 36.6 Å². The highest BCUT2D eigenvalue weighted by molar-refractivity contribution is 5.31.